The number of carbonyl (C=O) groups is 2. The normalized spacial score (nSPS) is 16.5. The summed E-state index contributed by atoms with van der Waals surface area (Å²) in [6.07, 6.45) is 9.78. The highest BCUT2D eigenvalue weighted by atomic mass is 16.6. The predicted molar refractivity (Wildman–Crippen MR) is 104 cm³/mol. The summed E-state index contributed by atoms with van der Waals surface area (Å²) in [5.74, 6) is 1.08. The molecule has 2 amide bonds. The second-order valence-corrected chi connectivity index (χ2v) is 8.69. The van der Waals surface area contributed by atoms with Crippen LogP contribution in [0.1, 0.15) is 96.2 Å². The van der Waals surface area contributed by atoms with E-state index in [4.69, 9.17) is 15.0 Å². The monoisotopic (exact) mass is 394 g/mol. The molecule has 1 atom stereocenters. The van der Waals surface area contributed by atoms with Crippen molar-refractivity contribution in [1.82, 2.24) is 15.5 Å². The average Bonchev–Trinajstić information content (AvgIpc) is 3.07. The molecule has 0 aromatic carbocycles. The molecule has 0 saturated heterocycles. The van der Waals surface area contributed by atoms with E-state index in [0.29, 0.717) is 11.7 Å². The quantitative estimate of drug-likeness (QED) is 0.615. The maximum atomic E-state index is 12.3. The van der Waals surface area contributed by atoms with Gasteiger partial charge in [-0.1, -0.05) is 50.1 Å². The van der Waals surface area contributed by atoms with E-state index in [-0.39, 0.29) is 24.9 Å². The Morgan fingerprint density at radius 3 is 2.64 bits per heavy atom. The standard InChI is InChI=1S/C20H34N4O4/c1-20(2,3)27-17(25)12-15(11-7-10-14-8-5-4-6-9-14)18-23-16(24-28-18)13-22-19(21)26/h14-15H,4-13H2,1-3H3,(H3,21,22,26). The van der Waals surface area contributed by atoms with Crippen LogP contribution in [0.3, 0.4) is 0 Å². The Balaban J connectivity index is 1.96. The summed E-state index contributed by atoms with van der Waals surface area (Å²) in [7, 11) is 0. The first-order valence-electron chi connectivity index (χ1n) is 10.3. The van der Waals surface area contributed by atoms with Crippen LogP contribution in [-0.2, 0) is 16.1 Å². The van der Waals surface area contributed by atoms with Crippen molar-refractivity contribution in [1.29, 1.82) is 0 Å². The van der Waals surface area contributed by atoms with Gasteiger partial charge in [0, 0.05) is 5.92 Å². The highest BCUT2D eigenvalue weighted by Crippen LogP contribution is 2.31. The zero-order chi connectivity index (χ0) is 20.6. The fourth-order valence-corrected chi connectivity index (χ4v) is 3.70. The number of nitrogens with two attached hydrogens (primary N) is 1. The van der Waals surface area contributed by atoms with Crippen molar-refractivity contribution in [2.45, 2.75) is 96.6 Å². The van der Waals surface area contributed by atoms with Gasteiger partial charge in [0.2, 0.25) is 5.89 Å². The van der Waals surface area contributed by atoms with Gasteiger partial charge >= 0.3 is 12.0 Å². The Morgan fingerprint density at radius 2 is 2.00 bits per heavy atom. The molecule has 0 aliphatic heterocycles. The zero-order valence-electron chi connectivity index (χ0n) is 17.3. The van der Waals surface area contributed by atoms with E-state index in [1.807, 2.05) is 20.8 Å². The second kappa shape index (κ2) is 10.4. The minimum absolute atomic E-state index is 0.0973. The molecule has 1 aromatic heterocycles. The molecule has 0 bridgehead atoms. The van der Waals surface area contributed by atoms with Crippen molar-refractivity contribution in [3.63, 3.8) is 0 Å². The maximum Gasteiger partial charge on any atom is 0.312 e. The van der Waals surface area contributed by atoms with Gasteiger partial charge in [0.05, 0.1) is 13.0 Å². The fourth-order valence-electron chi connectivity index (χ4n) is 3.70. The minimum Gasteiger partial charge on any atom is -0.460 e. The van der Waals surface area contributed by atoms with Gasteiger partial charge in [-0.3, -0.25) is 4.79 Å². The summed E-state index contributed by atoms with van der Waals surface area (Å²) < 4.78 is 10.8. The van der Waals surface area contributed by atoms with Crippen molar-refractivity contribution in [2.24, 2.45) is 11.7 Å². The summed E-state index contributed by atoms with van der Waals surface area (Å²) in [5.41, 5.74) is 4.54. The molecule has 1 aliphatic carbocycles. The number of nitrogens with one attached hydrogen (secondary N) is 1. The first-order valence-corrected chi connectivity index (χ1v) is 10.3. The van der Waals surface area contributed by atoms with Gasteiger partial charge in [-0.15, -0.1) is 0 Å². The molecule has 0 spiro atoms. The second-order valence-electron chi connectivity index (χ2n) is 8.69. The van der Waals surface area contributed by atoms with E-state index in [2.05, 4.69) is 15.5 Å². The highest BCUT2D eigenvalue weighted by molar-refractivity contribution is 5.71. The lowest BCUT2D eigenvalue weighted by Crippen LogP contribution is -2.29. The lowest BCUT2D eigenvalue weighted by molar-refractivity contribution is -0.155. The first-order chi connectivity index (χ1) is 13.2. The highest BCUT2D eigenvalue weighted by Gasteiger charge is 2.26. The Kier molecular flexibility index (Phi) is 8.26. The number of esters is 1. The molecule has 2 rings (SSSR count). The number of hydrogen-bond donors (Lipinski definition) is 2. The van der Waals surface area contributed by atoms with E-state index in [1.54, 1.807) is 0 Å². The molecular weight excluding hydrogens is 360 g/mol. The van der Waals surface area contributed by atoms with Gasteiger partial charge in [0.25, 0.3) is 0 Å². The molecule has 8 heteroatoms. The van der Waals surface area contributed by atoms with Crippen LogP contribution in [0.5, 0.6) is 0 Å². The number of nitrogens with zero attached hydrogens (tertiary/aromatic N) is 2. The first kappa shape index (κ1) is 22.2. The molecule has 158 valence electrons. The number of amides is 2. The summed E-state index contributed by atoms with van der Waals surface area (Å²) in [4.78, 5) is 27.5. The molecule has 8 nitrogen and oxygen atoms in total. The minimum atomic E-state index is -0.649. The lowest BCUT2D eigenvalue weighted by atomic mass is 9.84. The number of carbonyl (C=O) groups excluding carboxylic acids is 2. The van der Waals surface area contributed by atoms with Crippen LogP contribution >= 0.6 is 0 Å². The van der Waals surface area contributed by atoms with Crippen molar-refractivity contribution in [2.75, 3.05) is 0 Å². The van der Waals surface area contributed by atoms with Crippen LogP contribution in [0, 0.1) is 5.92 Å². The van der Waals surface area contributed by atoms with Crippen LogP contribution < -0.4 is 11.1 Å². The van der Waals surface area contributed by atoms with Gasteiger partial charge in [0.15, 0.2) is 5.82 Å². The van der Waals surface area contributed by atoms with E-state index in [1.165, 1.54) is 32.1 Å². The number of aromatic nitrogens is 2. The van der Waals surface area contributed by atoms with Crippen LogP contribution in [0.25, 0.3) is 0 Å². The van der Waals surface area contributed by atoms with Crippen LogP contribution in [0.15, 0.2) is 4.52 Å². The molecular formula is C20H34N4O4. The number of rotatable bonds is 9. The third-order valence-electron chi connectivity index (χ3n) is 4.98. The van der Waals surface area contributed by atoms with Crippen molar-refractivity contribution in [3.05, 3.63) is 11.7 Å². The smallest absolute Gasteiger partial charge is 0.312 e. The van der Waals surface area contributed by atoms with Gasteiger partial charge in [-0.2, -0.15) is 4.98 Å². The Labute approximate surface area is 167 Å². The summed E-state index contributed by atoms with van der Waals surface area (Å²) >= 11 is 0. The lowest BCUT2D eigenvalue weighted by Gasteiger charge is -2.23. The van der Waals surface area contributed by atoms with E-state index >= 15 is 0 Å². The SMILES string of the molecule is CC(C)(C)OC(=O)CC(CCCC1CCCCC1)c1nc(CNC(N)=O)no1. The Hall–Kier alpha value is -2.12. The molecule has 1 fully saturated rings. The molecule has 1 heterocycles. The number of hydrogen-bond acceptors (Lipinski definition) is 6. The molecule has 1 saturated carbocycles. The molecule has 1 aromatic rings. The molecule has 3 N–H and O–H groups in total. The van der Waals surface area contributed by atoms with Crippen LogP contribution in [0.4, 0.5) is 4.79 Å². The maximum absolute atomic E-state index is 12.3. The van der Waals surface area contributed by atoms with Gasteiger partial charge in [0.1, 0.15) is 5.60 Å². The number of primary amides is 1. The third-order valence-corrected chi connectivity index (χ3v) is 4.98. The van der Waals surface area contributed by atoms with E-state index in [0.717, 1.165) is 25.2 Å². The van der Waals surface area contributed by atoms with Crippen LogP contribution in [0.2, 0.25) is 0 Å². The molecule has 28 heavy (non-hydrogen) atoms. The fraction of sp³-hybridized carbons (Fsp3) is 0.800. The van der Waals surface area contributed by atoms with Gasteiger partial charge in [-0.25, -0.2) is 4.79 Å². The molecule has 1 unspecified atom stereocenters. The molecule has 0 radical (unpaired) electrons. The Morgan fingerprint density at radius 1 is 1.29 bits per heavy atom. The topological polar surface area (TPSA) is 120 Å². The van der Waals surface area contributed by atoms with Gasteiger partial charge in [-0.05, 0) is 33.1 Å². The van der Waals surface area contributed by atoms with Crippen LogP contribution in [-0.4, -0.2) is 27.7 Å². The third kappa shape index (κ3) is 8.27. The summed E-state index contributed by atoms with van der Waals surface area (Å²) in [6, 6.07) is -0.649. The molecule has 1 aliphatic rings. The zero-order valence-corrected chi connectivity index (χ0v) is 17.3. The Bertz CT molecular complexity index is 632. The average molecular weight is 395 g/mol. The van der Waals surface area contributed by atoms with Crippen molar-refractivity contribution < 1.29 is 18.8 Å². The van der Waals surface area contributed by atoms with E-state index < -0.39 is 11.6 Å². The summed E-state index contributed by atoms with van der Waals surface area (Å²) in [6.45, 7) is 5.65. The van der Waals surface area contributed by atoms with Gasteiger partial charge < -0.3 is 20.3 Å². The van der Waals surface area contributed by atoms with E-state index in [9.17, 15) is 9.59 Å². The van der Waals surface area contributed by atoms with Crippen molar-refractivity contribution in [3.8, 4) is 0 Å². The number of ether oxygens (including phenoxy) is 1. The largest absolute Gasteiger partial charge is 0.460 e. The number of urea groups is 1. The predicted octanol–water partition coefficient (Wildman–Crippen LogP) is 3.80. The van der Waals surface area contributed by atoms with Crippen molar-refractivity contribution >= 4 is 12.0 Å². The summed E-state index contributed by atoms with van der Waals surface area (Å²) in [5, 5.41) is 6.31.